The topological polar surface area (TPSA) is 43.4 Å². The number of rotatable bonds is 1. The maximum atomic E-state index is 12.1. The molecule has 3 nitrogen and oxygen atoms in total. The fraction of sp³-hybridized carbons (Fsp3) is 0.846. The Kier molecular flexibility index (Phi) is 1.85. The van der Waals surface area contributed by atoms with Gasteiger partial charge in [-0.25, -0.2) is 0 Å². The third-order valence-electron chi connectivity index (χ3n) is 5.47. The van der Waals surface area contributed by atoms with E-state index in [9.17, 15) is 9.59 Å². The number of carbonyl (C=O) groups is 2. The van der Waals surface area contributed by atoms with Crippen molar-refractivity contribution >= 4 is 11.8 Å². The summed E-state index contributed by atoms with van der Waals surface area (Å²) < 4.78 is 4.93. The van der Waals surface area contributed by atoms with Crippen LogP contribution in [0, 0.1) is 22.7 Å². The third-order valence-corrected chi connectivity index (χ3v) is 5.47. The lowest BCUT2D eigenvalue weighted by atomic mass is 9.28. The molecule has 0 bridgehead atoms. The minimum Gasteiger partial charge on any atom is -0.469 e. The molecule has 0 heterocycles. The van der Waals surface area contributed by atoms with Crippen LogP contribution in [0.15, 0.2) is 0 Å². The highest BCUT2D eigenvalue weighted by Gasteiger charge is 2.78. The molecule has 4 atom stereocenters. The number of fused-ring (bicyclic) bond motifs is 4. The first kappa shape index (κ1) is 10.3. The van der Waals surface area contributed by atoms with Crippen LogP contribution in [0.1, 0.15) is 39.0 Å². The maximum absolute atomic E-state index is 12.1. The summed E-state index contributed by atoms with van der Waals surface area (Å²) in [5, 5.41) is 0. The van der Waals surface area contributed by atoms with Crippen LogP contribution in [0.3, 0.4) is 0 Å². The predicted molar refractivity (Wildman–Crippen MR) is 57.6 cm³/mol. The molecule has 3 saturated carbocycles. The van der Waals surface area contributed by atoms with Gasteiger partial charge in [-0.05, 0) is 37.0 Å². The van der Waals surface area contributed by atoms with Crippen molar-refractivity contribution < 1.29 is 14.3 Å². The number of methoxy groups -OCH3 is 1. The highest BCUT2D eigenvalue weighted by Crippen LogP contribution is 2.76. The van der Waals surface area contributed by atoms with Crippen molar-refractivity contribution in [3.05, 3.63) is 0 Å². The van der Waals surface area contributed by atoms with E-state index in [4.69, 9.17) is 4.74 Å². The van der Waals surface area contributed by atoms with Gasteiger partial charge >= 0.3 is 5.97 Å². The number of hydrogen-bond donors (Lipinski definition) is 0. The molecule has 0 N–H and O–H groups in total. The van der Waals surface area contributed by atoms with Crippen LogP contribution in [0.2, 0.25) is 0 Å². The van der Waals surface area contributed by atoms with Crippen LogP contribution in [0.25, 0.3) is 0 Å². The van der Waals surface area contributed by atoms with Gasteiger partial charge in [0.25, 0.3) is 0 Å². The molecule has 0 radical (unpaired) electrons. The molecule has 3 aliphatic rings. The molecule has 3 rings (SSSR count). The summed E-state index contributed by atoms with van der Waals surface area (Å²) in [6.45, 7) is 2.19. The average Bonchev–Trinajstić information content (AvgIpc) is 2.20. The summed E-state index contributed by atoms with van der Waals surface area (Å²) in [7, 11) is 1.44. The van der Waals surface area contributed by atoms with E-state index in [1.165, 1.54) is 7.11 Å². The lowest BCUT2D eigenvalue weighted by molar-refractivity contribution is -0.262. The average molecular weight is 222 g/mol. The SMILES string of the molecule is COC(=O)[C@@]12CC[C@@H]1[C@@]1(C)CCCC(=O)[C@H]12. The Bertz CT molecular complexity index is 375. The Morgan fingerprint density at radius 2 is 2.19 bits per heavy atom. The first-order chi connectivity index (χ1) is 7.57. The zero-order valence-electron chi connectivity index (χ0n) is 9.91. The lowest BCUT2D eigenvalue weighted by Crippen LogP contribution is -2.75. The Balaban J connectivity index is 1.99. The van der Waals surface area contributed by atoms with Gasteiger partial charge in [-0.1, -0.05) is 6.92 Å². The quantitative estimate of drug-likeness (QED) is 0.637. The van der Waals surface area contributed by atoms with E-state index in [1.807, 2.05) is 0 Å². The number of ketones is 1. The van der Waals surface area contributed by atoms with Crippen molar-refractivity contribution in [2.75, 3.05) is 7.11 Å². The molecule has 0 aromatic carbocycles. The lowest BCUT2D eigenvalue weighted by Gasteiger charge is -2.73. The van der Waals surface area contributed by atoms with Crippen molar-refractivity contribution in [1.82, 2.24) is 0 Å². The molecule has 3 heteroatoms. The highest BCUT2D eigenvalue weighted by molar-refractivity contribution is 5.94. The summed E-state index contributed by atoms with van der Waals surface area (Å²) in [5.74, 6) is 0.526. The molecule has 0 spiro atoms. The minimum absolute atomic E-state index is 0.0417. The minimum atomic E-state index is -0.416. The molecule has 88 valence electrons. The van der Waals surface area contributed by atoms with Crippen molar-refractivity contribution in [1.29, 1.82) is 0 Å². The first-order valence-electron chi connectivity index (χ1n) is 6.18. The zero-order chi connectivity index (χ0) is 11.6. The molecule has 3 aliphatic carbocycles. The van der Waals surface area contributed by atoms with E-state index in [0.29, 0.717) is 18.1 Å². The van der Waals surface area contributed by atoms with Gasteiger partial charge < -0.3 is 4.74 Å². The van der Waals surface area contributed by atoms with Gasteiger partial charge in [-0.3, -0.25) is 9.59 Å². The highest BCUT2D eigenvalue weighted by atomic mass is 16.5. The maximum Gasteiger partial charge on any atom is 0.312 e. The van der Waals surface area contributed by atoms with Crippen LogP contribution >= 0.6 is 0 Å². The largest absolute Gasteiger partial charge is 0.469 e. The summed E-state index contributed by atoms with van der Waals surface area (Å²) in [6, 6.07) is 0. The van der Waals surface area contributed by atoms with Crippen LogP contribution in [-0.2, 0) is 14.3 Å². The second-order valence-corrected chi connectivity index (χ2v) is 5.88. The fourth-order valence-electron chi connectivity index (χ4n) is 4.87. The Labute approximate surface area is 95.5 Å². The third kappa shape index (κ3) is 0.836. The van der Waals surface area contributed by atoms with Crippen LogP contribution in [0.4, 0.5) is 0 Å². The van der Waals surface area contributed by atoms with Gasteiger partial charge in [0.1, 0.15) is 5.78 Å². The molecular formula is C13H18O3. The van der Waals surface area contributed by atoms with E-state index in [1.54, 1.807) is 0 Å². The number of ether oxygens (including phenoxy) is 1. The number of esters is 1. The normalized spacial score (nSPS) is 49.5. The Hall–Kier alpha value is -0.860. The molecule has 0 aromatic rings. The molecule has 0 aliphatic heterocycles. The molecule has 0 aromatic heterocycles. The van der Waals surface area contributed by atoms with Gasteiger partial charge in [-0.2, -0.15) is 0 Å². The van der Waals surface area contributed by atoms with Gasteiger partial charge in [0, 0.05) is 12.3 Å². The van der Waals surface area contributed by atoms with E-state index >= 15 is 0 Å². The molecule has 3 fully saturated rings. The van der Waals surface area contributed by atoms with Crippen molar-refractivity contribution in [2.45, 2.75) is 39.0 Å². The number of hydrogen-bond acceptors (Lipinski definition) is 3. The predicted octanol–water partition coefficient (Wildman–Crippen LogP) is 1.94. The van der Waals surface area contributed by atoms with Crippen LogP contribution < -0.4 is 0 Å². The summed E-state index contributed by atoms with van der Waals surface area (Å²) >= 11 is 0. The van der Waals surface area contributed by atoms with Gasteiger partial charge in [0.15, 0.2) is 0 Å². The summed E-state index contributed by atoms with van der Waals surface area (Å²) in [4.78, 5) is 24.0. The summed E-state index contributed by atoms with van der Waals surface area (Å²) in [5.41, 5.74) is -0.317. The smallest absolute Gasteiger partial charge is 0.312 e. The molecular weight excluding hydrogens is 204 g/mol. The number of Topliss-reactive ketones (excluding diaryl/α,β-unsaturated/α-hetero) is 1. The second-order valence-electron chi connectivity index (χ2n) is 5.88. The number of carbonyl (C=O) groups excluding carboxylic acids is 2. The van der Waals surface area contributed by atoms with Gasteiger partial charge in [-0.15, -0.1) is 0 Å². The Morgan fingerprint density at radius 1 is 1.44 bits per heavy atom. The standard InChI is InChI=1S/C13H18O3/c1-12-6-3-4-8(14)10(12)13(11(15)16-2)7-5-9(12)13/h9-10H,3-7H2,1-2H3/t9-,10-,12-,13+/m1/s1. The summed E-state index contributed by atoms with van der Waals surface area (Å²) in [6.07, 6.45) is 4.71. The van der Waals surface area contributed by atoms with E-state index < -0.39 is 5.41 Å². The molecule has 16 heavy (non-hydrogen) atoms. The fourth-order valence-corrected chi connectivity index (χ4v) is 4.87. The monoisotopic (exact) mass is 222 g/mol. The van der Waals surface area contributed by atoms with Crippen molar-refractivity contribution in [3.8, 4) is 0 Å². The van der Waals surface area contributed by atoms with Crippen LogP contribution in [0.5, 0.6) is 0 Å². The van der Waals surface area contributed by atoms with E-state index in [0.717, 1.165) is 25.7 Å². The molecule has 0 unspecified atom stereocenters. The molecule has 0 saturated heterocycles. The Morgan fingerprint density at radius 3 is 2.75 bits per heavy atom. The van der Waals surface area contributed by atoms with Crippen molar-refractivity contribution in [3.63, 3.8) is 0 Å². The van der Waals surface area contributed by atoms with Gasteiger partial charge in [0.2, 0.25) is 0 Å². The van der Waals surface area contributed by atoms with Gasteiger partial charge in [0.05, 0.1) is 12.5 Å². The van der Waals surface area contributed by atoms with E-state index in [2.05, 4.69) is 6.92 Å². The van der Waals surface area contributed by atoms with Crippen molar-refractivity contribution in [2.24, 2.45) is 22.7 Å². The van der Waals surface area contributed by atoms with E-state index in [-0.39, 0.29) is 17.3 Å². The molecule has 0 amide bonds. The van der Waals surface area contributed by atoms with Crippen LogP contribution in [-0.4, -0.2) is 18.9 Å². The second kappa shape index (κ2) is 2.88. The first-order valence-corrected chi connectivity index (χ1v) is 6.18. The zero-order valence-corrected chi connectivity index (χ0v) is 9.91.